The average molecular weight is 510 g/mol. The Balaban J connectivity index is 1.84. The van der Waals surface area contributed by atoms with Gasteiger partial charge in [-0.3, -0.25) is 4.98 Å². The summed E-state index contributed by atoms with van der Waals surface area (Å²) in [6.07, 6.45) is 3.94. The first kappa shape index (κ1) is 24.6. The van der Waals surface area contributed by atoms with Crippen molar-refractivity contribution in [1.29, 1.82) is 5.26 Å². The molecule has 0 fully saturated rings. The van der Waals surface area contributed by atoms with Gasteiger partial charge in [-0.2, -0.15) is 9.65 Å². The maximum absolute atomic E-state index is 14.7. The van der Waals surface area contributed by atoms with Crippen molar-refractivity contribution in [3.8, 4) is 6.07 Å². The number of pyridine rings is 2. The second kappa shape index (κ2) is 10.4. The molecule has 0 aliphatic rings. The molecule has 7 nitrogen and oxygen atoms in total. The van der Waals surface area contributed by atoms with E-state index in [4.69, 9.17) is 17.3 Å². The molecule has 36 heavy (non-hydrogen) atoms. The van der Waals surface area contributed by atoms with E-state index in [2.05, 4.69) is 25.9 Å². The summed E-state index contributed by atoms with van der Waals surface area (Å²) in [6, 6.07) is 11.6. The second-order valence-corrected chi connectivity index (χ2v) is 8.07. The quantitative estimate of drug-likeness (QED) is 0.244. The van der Waals surface area contributed by atoms with Gasteiger partial charge in [-0.1, -0.05) is 29.8 Å². The largest absolute Gasteiger partial charge is 0.399 e. The molecule has 2 heterocycles. The Hall–Kier alpha value is -4.49. The van der Waals surface area contributed by atoms with Crippen LogP contribution in [0.4, 0.5) is 30.2 Å². The number of anilines is 3. The fourth-order valence-corrected chi connectivity index (χ4v) is 3.93. The Labute approximate surface area is 209 Å². The molecule has 0 spiro atoms. The molecule has 0 aliphatic heterocycles. The molecule has 0 radical (unpaired) electrons. The van der Waals surface area contributed by atoms with E-state index in [1.165, 1.54) is 18.5 Å². The molecule has 0 saturated heterocycles. The van der Waals surface area contributed by atoms with Crippen LogP contribution in [-0.4, -0.2) is 17.0 Å². The molecule has 5 N–H and O–H groups in total. The van der Waals surface area contributed by atoms with Gasteiger partial charge in [0, 0.05) is 42.1 Å². The Morgan fingerprint density at radius 1 is 1.08 bits per heavy atom. The van der Waals surface area contributed by atoms with Crippen molar-refractivity contribution in [1.82, 2.24) is 15.3 Å². The number of nitrogens with one attached hydrogen (secondary N) is 3. The van der Waals surface area contributed by atoms with Crippen molar-refractivity contribution >= 4 is 39.6 Å². The molecule has 4 rings (SSSR count). The van der Waals surface area contributed by atoms with E-state index in [0.717, 1.165) is 12.3 Å². The van der Waals surface area contributed by atoms with Crippen LogP contribution in [-0.2, 0) is 0 Å². The fraction of sp³-hybridized carbons (Fsp3) is 0.0800. The normalized spacial score (nSPS) is 12.2. The summed E-state index contributed by atoms with van der Waals surface area (Å²) in [5.41, 5.74) is 8.10. The highest BCUT2D eigenvalue weighted by atomic mass is 35.5. The van der Waals surface area contributed by atoms with Crippen LogP contribution in [0, 0.1) is 28.9 Å². The predicted molar refractivity (Wildman–Crippen MR) is 133 cm³/mol. The van der Waals surface area contributed by atoms with Crippen LogP contribution in [0.2, 0.25) is 5.02 Å². The Morgan fingerprint density at radius 3 is 2.56 bits per heavy atom. The highest BCUT2D eigenvalue weighted by Gasteiger charge is 2.20. The molecular formula is C25H19ClF3N7. The molecule has 0 aliphatic carbocycles. The Kier molecular flexibility index (Phi) is 7.12. The lowest BCUT2D eigenvalue weighted by Crippen LogP contribution is -2.21. The fourth-order valence-electron chi connectivity index (χ4n) is 3.66. The zero-order chi connectivity index (χ0) is 25.8. The number of aromatic nitrogens is 2. The van der Waals surface area contributed by atoms with E-state index in [-0.39, 0.29) is 22.0 Å². The maximum Gasteiger partial charge on any atom is 0.249 e. The topological polar surface area (TPSA) is 112 Å². The molecule has 1 unspecified atom stereocenters. The zero-order valence-corrected chi connectivity index (χ0v) is 19.5. The highest BCUT2D eigenvalue weighted by molar-refractivity contribution is 6.36. The van der Waals surface area contributed by atoms with Crippen LogP contribution in [0.25, 0.3) is 10.9 Å². The minimum Gasteiger partial charge on any atom is -0.399 e. The van der Waals surface area contributed by atoms with Crippen LogP contribution in [0.3, 0.4) is 0 Å². The van der Waals surface area contributed by atoms with Gasteiger partial charge in [-0.25, -0.2) is 13.8 Å². The molecule has 1 atom stereocenters. The molecule has 0 bridgehead atoms. The minimum atomic E-state index is -1.25. The number of nitrogens with zero attached hydrogens (tertiary/aromatic N) is 3. The Morgan fingerprint density at radius 2 is 1.86 bits per heavy atom. The van der Waals surface area contributed by atoms with Crippen molar-refractivity contribution < 1.29 is 13.2 Å². The van der Waals surface area contributed by atoms with Crippen molar-refractivity contribution in [2.75, 3.05) is 17.7 Å². The first-order chi connectivity index (χ1) is 17.3. The molecule has 11 heteroatoms. The van der Waals surface area contributed by atoms with Crippen LogP contribution in [0.15, 0.2) is 66.8 Å². The molecule has 0 saturated carbocycles. The van der Waals surface area contributed by atoms with Gasteiger partial charge >= 0.3 is 0 Å². The lowest BCUT2D eigenvalue weighted by atomic mass is 10.0. The van der Waals surface area contributed by atoms with Gasteiger partial charge in [-0.05, 0) is 18.2 Å². The molecule has 182 valence electrons. The summed E-state index contributed by atoms with van der Waals surface area (Å²) in [5.74, 6) is -2.87. The number of nitrogens with two attached hydrogens (primary N) is 1. The summed E-state index contributed by atoms with van der Waals surface area (Å²) in [5, 5.41) is 19.2. The number of hydrogen-bond acceptors (Lipinski definition) is 7. The number of hydrogen-bond donors (Lipinski definition) is 4. The van der Waals surface area contributed by atoms with E-state index in [9.17, 15) is 18.4 Å². The monoisotopic (exact) mass is 509 g/mol. The van der Waals surface area contributed by atoms with Gasteiger partial charge in [-0.15, -0.1) is 0 Å². The highest BCUT2D eigenvalue weighted by Crippen LogP contribution is 2.36. The number of fused-ring (bicyclic) bond motifs is 1. The minimum absolute atomic E-state index is 0.109. The number of nitriles is 1. The van der Waals surface area contributed by atoms with Crippen molar-refractivity contribution in [3.05, 3.63) is 100 Å². The number of halogens is 4. The smallest absolute Gasteiger partial charge is 0.249 e. The SMILES string of the molecule is CN/C=C(\N)C(Nc1cc(Cl)c2ncc(C#N)c(Nc3cnc(F)c(F)c3)c2c1)c1ccccc1F. The van der Waals surface area contributed by atoms with Crippen LogP contribution in [0.5, 0.6) is 0 Å². The summed E-state index contributed by atoms with van der Waals surface area (Å²) < 4.78 is 41.7. The van der Waals surface area contributed by atoms with Crippen LogP contribution < -0.4 is 21.7 Å². The van der Waals surface area contributed by atoms with Crippen LogP contribution >= 0.6 is 11.6 Å². The zero-order valence-electron chi connectivity index (χ0n) is 18.8. The molecule has 2 aromatic heterocycles. The van der Waals surface area contributed by atoms with E-state index >= 15 is 0 Å². The molecule has 4 aromatic rings. The molecule has 2 aromatic carbocycles. The van der Waals surface area contributed by atoms with E-state index in [0.29, 0.717) is 27.9 Å². The molecular weight excluding hydrogens is 491 g/mol. The first-order valence-electron chi connectivity index (χ1n) is 10.6. The van der Waals surface area contributed by atoms with Crippen molar-refractivity contribution in [2.24, 2.45) is 5.73 Å². The third kappa shape index (κ3) is 4.96. The van der Waals surface area contributed by atoms with Gasteiger partial charge in [0.1, 0.15) is 11.9 Å². The van der Waals surface area contributed by atoms with Gasteiger partial charge in [0.2, 0.25) is 5.95 Å². The second-order valence-electron chi connectivity index (χ2n) is 7.67. The van der Waals surface area contributed by atoms with Crippen LogP contribution in [0.1, 0.15) is 17.2 Å². The lowest BCUT2D eigenvalue weighted by molar-refractivity contribution is 0.480. The third-order valence-corrected chi connectivity index (χ3v) is 5.57. The average Bonchev–Trinajstić information content (AvgIpc) is 2.86. The van der Waals surface area contributed by atoms with Gasteiger partial charge in [0.15, 0.2) is 5.82 Å². The van der Waals surface area contributed by atoms with E-state index in [1.807, 2.05) is 6.07 Å². The molecule has 0 amide bonds. The van der Waals surface area contributed by atoms with E-state index < -0.39 is 23.6 Å². The number of benzene rings is 2. The van der Waals surface area contributed by atoms with Gasteiger partial charge in [0.05, 0.1) is 45.4 Å². The van der Waals surface area contributed by atoms with Crippen molar-refractivity contribution in [2.45, 2.75) is 6.04 Å². The summed E-state index contributed by atoms with van der Waals surface area (Å²) in [7, 11) is 1.67. The van der Waals surface area contributed by atoms with Gasteiger partial charge in [0.25, 0.3) is 0 Å². The third-order valence-electron chi connectivity index (χ3n) is 5.28. The predicted octanol–water partition coefficient (Wildman–Crippen LogP) is 5.49. The summed E-state index contributed by atoms with van der Waals surface area (Å²) in [4.78, 5) is 7.63. The lowest BCUT2D eigenvalue weighted by Gasteiger charge is -2.22. The maximum atomic E-state index is 14.7. The summed E-state index contributed by atoms with van der Waals surface area (Å²) >= 11 is 6.51. The van der Waals surface area contributed by atoms with Crippen molar-refractivity contribution in [3.63, 3.8) is 0 Å². The van der Waals surface area contributed by atoms with Gasteiger partial charge < -0.3 is 21.7 Å². The van der Waals surface area contributed by atoms with E-state index in [1.54, 1.807) is 37.4 Å². The number of rotatable bonds is 7. The Bertz CT molecular complexity index is 1520. The first-order valence-corrected chi connectivity index (χ1v) is 10.9. The summed E-state index contributed by atoms with van der Waals surface area (Å²) in [6.45, 7) is 0. The standard InChI is InChI=1S/C25H19ClF3N7/c1-32-12-21(31)24(16-4-2-3-5-19(16)27)35-14-6-17-22(36-15-8-20(28)25(29)34-11-15)13(9-30)10-33-23(17)18(26)7-14/h2-8,10-12,24,32,35H,31H2,1H3,(H,33,36)/b21-12-.